The number of hydrogen-bond acceptors (Lipinski definition) is 5. The summed E-state index contributed by atoms with van der Waals surface area (Å²) in [6.45, 7) is 1.46. The monoisotopic (exact) mass is 514 g/mol. The Bertz CT molecular complexity index is 1370. The number of benzene rings is 2. The van der Waals surface area contributed by atoms with E-state index < -0.39 is 0 Å². The number of rotatable bonds is 8. The van der Waals surface area contributed by atoms with Gasteiger partial charge in [0.25, 0.3) is 5.91 Å². The number of H-pyrrole nitrogens is 1. The molecule has 2 aromatic heterocycles. The summed E-state index contributed by atoms with van der Waals surface area (Å²) in [6.07, 6.45) is 6.24. The summed E-state index contributed by atoms with van der Waals surface area (Å²) < 4.78 is 6.14. The molecule has 1 aliphatic carbocycles. The summed E-state index contributed by atoms with van der Waals surface area (Å²) in [5.74, 6) is 1.26. The van der Waals surface area contributed by atoms with Gasteiger partial charge in [-0.15, -0.1) is 0 Å². The number of hydrogen-bond donors (Lipinski definition) is 2. The van der Waals surface area contributed by atoms with Gasteiger partial charge in [0.1, 0.15) is 11.9 Å². The molecule has 0 bridgehead atoms. The molecule has 0 spiro atoms. The molecule has 0 radical (unpaired) electrons. The summed E-state index contributed by atoms with van der Waals surface area (Å²) in [6, 6.07) is 15.8. The fraction of sp³-hybridized carbons (Fsp3) is 0.345. The Balaban J connectivity index is 1.18. The van der Waals surface area contributed by atoms with Crippen LogP contribution in [0.3, 0.4) is 0 Å². The molecule has 2 fully saturated rings. The largest absolute Gasteiger partial charge is 0.490 e. The summed E-state index contributed by atoms with van der Waals surface area (Å²) >= 11 is 1.67. The Morgan fingerprint density at radius 3 is 2.59 bits per heavy atom. The van der Waals surface area contributed by atoms with Crippen LogP contribution >= 0.6 is 11.3 Å². The average molecular weight is 515 g/mol. The van der Waals surface area contributed by atoms with Gasteiger partial charge in [0.2, 0.25) is 6.41 Å². The number of carbonyl (C=O) groups excluding carboxylic acids is 2. The second-order valence-electron chi connectivity index (χ2n) is 10.0. The zero-order valence-electron chi connectivity index (χ0n) is 20.6. The third-order valence-electron chi connectivity index (χ3n) is 7.69. The predicted octanol–water partition coefficient (Wildman–Crippen LogP) is 5.56. The van der Waals surface area contributed by atoms with Crippen LogP contribution in [0.25, 0.3) is 22.2 Å². The Kier molecular flexibility index (Phi) is 6.66. The zero-order valence-corrected chi connectivity index (χ0v) is 21.4. The normalized spacial score (nSPS) is 17.4. The third kappa shape index (κ3) is 4.98. The Hall–Kier alpha value is -3.65. The maximum absolute atomic E-state index is 13.3. The van der Waals surface area contributed by atoms with Gasteiger partial charge in [-0.1, -0.05) is 6.42 Å². The highest BCUT2D eigenvalue weighted by atomic mass is 32.1. The van der Waals surface area contributed by atoms with Crippen LogP contribution < -0.4 is 10.1 Å². The van der Waals surface area contributed by atoms with Crippen molar-refractivity contribution >= 4 is 34.6 Å². The number of likely N-dealkylation sites (tertiary alicyclic amines) is 1. The number of piperidine rings is 1. The van der Waals surface area contributed by atoms with Gasteiger partial charge < -0.3 is 15.0 Å². The summed E-state index contributed by atoms with van der Waals surface area (Å²) in [5.41, 5.74) is 4.49. The molecule has 2 amide bonds. The van der Waals surface area contributed by atoms with E-state index in [-0.39, 0.29) is 18.1 Å². The van der Waals surface area contributed by atoms with Crippen molar-refractivity contribution in [3.05, 3.63) is 70.4 Å². The summed E-state index contributed by atoms with van der Waals surface area (Å²) in [4.78, 5) is 26.0. The van der Waals surface area contributed by atoms with E-state index in [0.717, 1.165) is 73.1 Å². The Labute approximate surface area is 219 Å². The van der Waals surface area contributed by atoms with Crippen LogP contribution in [0.1, 0.15) is 54.1 Å². The fourth-order valence-corrected chi connectivity index (χ4v) is 5.98. The molecule has 1 atom stereocenters. The first kappa shape index (κ1) is 23.7. The van der Waals surface area contributed by atoms with Gasteiger partial charge in [-0.05, 0) is 83.6 Å². The summed E-state index contributed by atoms with van der Waals surface area (Å²) in [7, 11) is 0. The minimum atomic E-state index is -0.0541. The van der Waals surface area contributed by atoms with Gasteiger partial charge in [-0.25, -0.2) is 0 Å². The van der Waals surface area contributed by atoms with E-state index in [0.29, 0.717) is 11.5 Å². The van der Waals surface area contributed by atoms with Gasteiger partial charge in [-0.3, -0.25) is 14.7 Å². The van der Waals surface area contributed by atoms with Gasteiger partial charge in [0.15, 0.2) is 0 Å². The minimum Gasteiger partial charge on any atom is -0.490 e. The number of thiophene rings is 1. The Morgan fingerprint density at radius 2 is 1.92 bits per heavy atom. The molecule has 7 nitrogen and oxygen atoms in total. The van der Waals surface area contributed by atoms with Gasteiger partial charge in [0.05, 0.1) is 17.3 Å². The molecule has 1 saturated carbocycles. The highest BCUT2D eigenvalue weighted by Gasteiger charge is 2.30. The molecule has 2 aliphatic rings. The van der Waals surface area contributed by atoms with Crippen molar-refractivity contribution in [2.45, 2.75) is 44.2 Å². The molecule has 2 N–H and O–H groups in total. The first-order valence-electron chi connectivity index (χ1n) is 13.0. The van der Waals surface area contributed by atoms with Gasteiger partial charge >= 0.3 is 0 Å². The van der Waals surface area contributed by atoms with Crippen molar-refractivity contribution in [1.82, 2.24) is 20.4 Å². The topological polar surface area (TPSA) is 87.3 Å². The van der Waals surface area contributed by atoms with Crippen LogP contribution in [0, 0.1) is 5.92 Å². The standard InChI is InChI=1S/C29H30N4O3S/c34-18-33-13-10-24(11-14-33)36-23-7-4-20(5-8-23)28-25-16-21(6-9-26(25)31-32-28)29(35)30-27(19-2-1-3-19)22-12-15-37-17-22/h4-9,12,15-19,24,27H,1-3,10-11,13-14H2,(H,30,35)(H,31,32). The lowest BCUT2D eigenvalue weighted by atomic mass is 9.77. The van der Waals surface area contributed by atoms with E-state index in [4.69, 9.17) is 4.74 Å². The quantitative estimate of drug-likeness (QED) is 0.301. The van der Waals surface area contributed by atoms with Crippen molar-refractivity contribution in [2.75, 3.05) is 13.1 Å². The lowest BCUT2D eigenvalue weighted by Crippen LogP contribution is -2.37. The fourth-order valence-electron chi connectivity index (χ4n) is 5.28. The molecule has 6 rings (SSSR count). The molecule has 1 unspecified atom stereocenters. The van der Waals surface area contributed by atoms with E-state index in [1.807, 2.05) is 42.5 Å². The van der Waals surface area contributed by atoms with Crippen LogP contribution in [-0.4, -0.2) is 46.6 Å². The molecule has 1 aliphatic heterocycles. The predicted molar refractivity (Wildman–Crippen MR) is 145 cm³/mol. The molecule has 4 aromatic rings. The van der Waals surface area contributed by atoms with Crippen LogP contribution in [0.2, 0.25) is 0 Å². The van der Waals surface area contributed by atoms with E-state index in [1.165, 1.54) is 12.0 Å². The molecule has 3 heterocycles. The number of aromatic nitrogens is 2. The average Bonchev–Trinajstić information content (AvgIpc) is 3.58. The van der Waals surface area contributed by atoms with Crippen molar-refractivity contribution in [3.8, 4) is 17.0 Å². The van der Waals surface area contributed by atoms with Crippen molar-refractivity contribution in [3.63, 3.8) is 0 Å². The lowest BCUT2D eigenvalue weighted by Gasteiger charge is -2.34. The lowest BCUT2D eigenvalue weighted by molar-refractivity contribution is -0.119. The van der Waals surface area contributed by atoms with Crippen LogP contribution in [0.4, 0.5) is 0 Å². The maximum Gasteiger partial charge on any atom is 0.251 e. The number of aromatic amines is 1. The summed E-state index contributed by atoms with van der Waals surface area (Å²) in [5, 5.41) is 16.1. The molecule has 190 valence electrons. The third-order valence-corrected chi connectivity index (χ3v) is 8.39. The first-order chi connectivity index (χ1) is 18.2. The highest BCUT2D eigenvalue weighted by Crippen LogP contribution is 2.38. The molecular formula is C29H30N4O3S. The molecule has 1 saturated heterocycles. The van der Waals surface area contributed by atoms with Crippen molar-refractivity contribution < 1.29 is 14.3 Å². The van der Waals surface area contributed by atoms with E-state index in [9.17, 15) is 9.59 Å². The molecular weight excluding hydrogens is 484 g/mol. The van der Waals surface area contributed by atoms with Crippen LogP contribution in [-0.2, 0) is 4.79 Å². The SMILES string of the molecule is O=CN1CCC(Oc2ccc(-c3n[nH]c4ccc(C(=O)NC(c5ccsc5)C5CCC5)cc34)cc2)CC1. The Morgan fingerprint density at radius 1 is 1.11 bits per heavy atom. The number of ether oxygens (including phenoxy) is 1. The number of carbonyl (C=O) groups is 2. The zero-order chi connectivity index (χ0) is 25.2. The number of fused-ring (bicyclic) bond motifs is 1. The smallest absolute Gasteiger partial charge is 0.251 e. The number of nitrogens with zero attached hydrogens (tertiary/aromatic N) is 2. The second-order valence-corrected chi connectivity index (χ2v) is 10.8. The van der Waals surface area contributed by atoms with Crippen LogP contribution in [0.15, 0.2) is 59.3 Å². The van der Waals surface area contributed by atoms with Crippen LogP contribution in [0.5, 0.6) is 5.75 Å². The van der Waals surface area contributed by atoms with Gasteiger partial charge in [0, 0.05) is 42.4 Å². The van der Waals surface area contributed by atoms with Crippen molar-refractivity contribution in [2.24, 2.45) is 5.92 Å². The molecule has 37 heavy (non-hydrogen) atoms. The first-order valence-corrected chi connectivity index (χ1v) is 13.9. The van der Waals surface area contributed by atoms with E-state index >= 15 is 0 Å². The van der Waals surface area contributed by atoms with Gasteiger partial charge in [-0.2, -0.15) is 16.4 Å². The van der Waals surface area contributed by atoms with Crippen molar-refractivity contribution in [1.29, 1.82) is 0 Å². The van der Waals surface area contributed by atoms with E-state index in [1.54, 1.807) is 16.2 Å². The maximum atomic E-state index is 13.3. The second kappa shape index (κ2) is 10.4. The number of amides is 2. The minimum absolute atomic E-state index is 0.0541. The van der Waals surface area contributed by atoms with E-state index in [2.05, 4.69) is 32.3 Å². The number of nitrogens with one attached hydrogen (secondary N) is 2. The molecule has 2 aromatic carbocycles. The highest BCUT2D eigenvalue weighted by molar-refractivity contribution is 7.08. The molecule has 8 heteroatoms.